The molecule has 0 amide bonds. The van der Waals surface area contributed by atoms with E-state index < -0.39 is 0 Å². The fourth-order valence-corrected chi connectivity index (χ4v) is 2.94. The van der Waals surface area contributed by atoms with Crippen LogP contribution in [0, 0.1) is 5.82 Å². The highest BCUT2D eigenvalue weighted by atomic mass is 35.5. The van der Waals surface area contributed by atoms with E-state index in [9.17, 15) is 4.39 Å². The van der Waals surface area contributed by atoms with E-state index in [0.717, 1.165) is 12.0 Å². The SMILES string of the molecule is CCC(c1ccccc1)C(Cl)c1cc(F)ccc1OC. The maximum absolute atomic E-state index is 13.5. The molecule has 2 aromatic carbocycles. The Kier molecular flexibility index (Phi) is 5.02. The Balaban J connectivity index is 2.38. The van der Waals surface area contributed by atoms with Crippen molar-refractivity contribution in [2.75, 3.05) is 7.11 Å². The molecular weight excluding hydrogens is 275 g/mol. The lowest BCUT2D eigenvalue weighted by Gasteiger charge is -2.23. The molecule has 0 saturated heterocycles. The Morgan fingerprint density at radius 2 is 1.85 bits per heavy atom. The third kappa shape index (κ3) is 3.13. The molecule has 0 radical (unpaired) electrons. The standard InChI is InChI=1S/C17H18ClFO/c1-3-14(12-7-5-4-6-8-12)17(18)15-11-13(19)9-10-16(15)20-2/h4-11,14,17H,3H2,1-2H3. The lowest BCUT2D eigenvalue weighted by Crippen LogP contribution is -2.07. The fraction of sp³-hybridized carbons (Fsp3) is 0.294. The third-order valence-corrected chi connectivity index (χ3v) is 4.05. The summed E-state index contributed by atoms with van der Waals surface area (Å²) < 4.78 is 18.8. The molecule has 2 rings (SSSR count). The fourth-order valence-electron chi connectivity index (χ4n) is 2.45. The second-order valence-corrected chi connectivity index (χ2v) is 5.18. The maximum atomic E-state index is 13.5. The summed E-state index contributed by atoms with van der Waals surface area (Å²) in [6.07, 6.45) is 0.873. The predicted octanol–water partition coefficient (Wildman–Crippen LogP) is 5.31. The topological polar surface area (TPSA) is 9.23 Å². The molecule has 1 nitrogen and oxygen atoms in total. The van der Waals surface area contributed by atoms with E-state index in [4.69, 9.17) is 16.3 Å². The highest BCUT2D eigenvalue weighted by molar-refractivity contribution is 6.21. The van der Waals surface area contributed by atoms with Gasteiger partial charge < -0.3 is 4.74 Å². The van der Waals surface area contributed by atoms with Crippen LogP contribution in [0.15, 0.2) is 48.5 Å². The molecule has 0 bridgehead atoms. The van der Waals surface area contributed by atoms with Crippen molar-refractivity contribution in [1.82, 2.24) is 0 Å². The molecule has 0 spiro atoms. The number of rotatable bonds is 5. The number of benzene rings is 2. The van der Waals surface area contributed by atoms with E-state index in [1.165, 1.54) is 12.1 Å². The number of halogens is 2. The third-order valence-electron chi connectivity index (χ3n) is 3.51. The van der Waals surface area contributed by atoms with Gasteiger partial charge >= 0.3 is 0 Å². The van der Waals surface area contributed by atoms with Crippen LogP contribution in [0.1, 0.15) is 35.8 Å². The summed E-state index contributed by atoms with van der Waals surface area (Å²) in [5, 5.41) is -0.326. The molecule has 0 N–H and O–H groups in total. The van der Waals surface area contributed by atoms with Gasteiger partial charge in [0.25, 0.3) is 0 Å². The van der Waals surface area contributed by atoms with Gasteiger partial charge in [0.15, 0.2) is 0 Å². The van der Waals surface area contributed by atoms with Crippen molar-refractivity contribution in [1.29, 1.82) is 0 Å². The number of methoxy groups -OCH3 is 1. The van der Waals surface area contributed by atoms with Crippen molar-refractivity contribution >= 4 is 11.6 Å². The van der Waals surface area contributed by atoms with Crippen molar-refractivity contribution in [3.63, 3.8) is 0 Å². The second-order valence-electron chi connectivity index (χ2n) is 4.71. The lowest BCUT2D eigenvalue weighted by atomic mass is 9.89. The Labute approximate surface area is 124 Å². The minimum absolute atomic E-state index is 0.119. The molecule has 0 aromatic heterocycles. The first-order chi connectivity index (χ1) is 9.67. The summed E-state index contributed by atoms with van der Waals surface area (Å²) >= 11 is 6.62. The van der Waals surface area contributed by atoms with Crippen molar-refractivity contribution in [2.45, 2.75) is 24.6 Å². The first-order valence-corrected chi connectivity index (χ1v) is 7.13. The molecule has 2 unspecified atom stereocenters. The molecule has 0 heterocycles. The zero-order valence-electron chi connectivity index (χ0n) is 11.6. The number of hydrogen-bond donors (Lipinski definition) is 0. The van der Waals surface area contributed by atoms with Gasteiger partial charge in [-0.1, -0.05) is 37.3 Å². The van der Waals surface area contributed by atoms with E-state index in [1.807, 2.05) is 18.2 Å². The highest BCUT2D eigenvalue weighted by Gasteiger charge is 2.24. The molecule has 0 aliphatic carbocycles. The van der Waals surface area contributed by atoms with Crippen LogP contribution < -0.4 is 4.74 Å². The summed E-state index contributed by atoms with van der Waals surface area (Å²) in [5.74, 6) is 0.448. The molecule has 0 aliphatic rings. The zero-order valence-corrected chi connectivity index (χ0v) is 12.4. The summed E-state index contributed by atoms with van der Waals surface area (Å²) in [4.78, 5) is 0. The number of alkyl halides is 1. The smallest absolute Gasteiger partial charge is 0.123 e. The Morgan fingerprint density at radius 3 is 2.45 bits per heavy atom. The maximum Gasteiger partial charge on any atom is 0.123 e. The minimum Gasteiger partial charge on any atom is -0.496 e. The van der Waals surface area contributed by atoms with E-state index in [1.54, 1.807) is 13.2 Å². The molecule has 0 aliphatic heterocycles. The largest absolute Gasteiger partial charge is 0.496 e. The van der Waals surface area contributed by atoms with Crippen LogP contribution in [0.4, 0.5) is 4.39 Å². The van der Waals surface area contributed by atoms with Crippen molar-refractivity contribution in [3.05, 3.63) is 65.5 Å². The van der Waals surface area contributed by atoms with Gasteiger partial charge in [-0.05, 0) is 30.2 Å². The van der Waals surface area contributed by atoms with Crippen LogP contribution in [-0.2, 0) is 0 Å². The minimum atomic E-state index is -0.326. The van der Waals surface area contributed by atoms with E-state index in [2.05, 4.69) is 19.1 Å². The highest BCUT2D eigenvalue weighted by Crippen LogP contribution is 2.42. The van der Waals surface area contributed by atoms with Crippen molar-refractivity contribution < 1.29 is 9.13 Å². The first kappa shape index (κ1) is 14.9. The molecule has 106 valence electrons. The van der Waals surface area contributed by atoms with Crippen LogP contribution in [0.3, 0.4) is 0 Å². The predicted molar refractivity (Wildman–Crippen MR) is 81.0 cm³/mol. The monoisotopic (exact) mass is 292 g/mol. The van der Waals surface area contributed by atoms with E-state index >= 15 is 0 Å². The Bertz CT molecular complexity index is 556. The van der Waals surface area contributed by atoms with Gasteiger partial charge in [0.2, 0.25) is 0 Å². The van der Waals surface area contributed by atoms with Crippen LogP contribution in [0.5, 0.6) is 5.75 Å². The molecule has 20 heavy (non-hydrogen) atoms. The molecule has 3 heteroatoms. The van der Waals surface area contributed by atoms with Crippen molar-refractivity contribution in [2.24, 2.45) is 0 Å². The summed E-state index contributed by atoms with van der Waals surface area (Å²) in [6, 6.07) is 14.5. The molecule has 0 fully saturated rings. The second kappa shape index (κ2) is 6.76. The molecule has 2 atom stereocenters. The van der Waals surface area contributed by atoms with Gasteiger partial charge in [-0.25, -0.2) is 4.39 Å². The van der Waals surface area contributed by atoms with E-state index in [-0.39, 0.29) is 17.1 Å². The number of ether oxygens (including phenoxy) is 1. The summed E-state index contributed by atoms with van der Waals surface area (Å²) in [7, 11) is 1.57. The van der Waals surface area contributed by atoms with Crippen molar-refractivity contribution in [3.8, 4) is 5.75 Å². The molecule has 2 aromatic rings. The Morgan fingerprint density at radius 1 is 1.15 bits per heavy atom. The normalized spacial score (nSPS) is 13.8. The van der Waals surface area contributed by atoms with Gasteiger partial charge in [-0.2, -0.15) is 0 Å². The quantitative estimate of drug-likeness (QED) is 0.679. The molecule has 0 saturated carbocycles. The molecular formula is C17H18ClFO. The van der Waals surface area contributed by atoms with Crippen LogP contribution >= 0.6 is 11.6 Å². The number of hydrogen-bond acceptors (Lipinski definition) is 1. The van der Waals surface area contributed by atoms with Gasteiger partial charge in [0, 0.05) is 11.5 Å². The first-order valence-electron chi connectivity index (χ1n) is 6.69. The van der Waals surface area contributed by atoms with Gasteiger partial charge in [0.05, 0.1) is 12.5 Å². The van der Waals surface area contributed by atoms with Gasteiger partial charge in [0.1, 0.15) is 11.6 Å². The summed E-state index contributed by atoms with van der Waals surface area (Å²) in [6.45, 7) is 2.08. The van der Waals surface area contributed by atoms with Crippen LogP contribution in [-0.4, -0.2) is 7.11 Å². The summed E-state index contributed by atoms with van der Waals surface area (Å²) in [5.41, 5.74) is 1.85. The lowest BCUT2D eigenvalue weighted by molar-refractivity contribution is 0.405. The van der Waals surface area contributed by atoms with E-state index in [0.29, 0.717) is 11.3 Å². The zero-order chi connectivity index (χ0) is 14.5. The van der Waals surface area contributed by atoms with Gasteiger partial charge in [-0.15, -0.1) is 11.6 Å². The average molecular weight is 293 g/mol. The van der Waals surface area contributed by atoms with Crippen LogP contribution in [0.25, 0.3) is 0 Å². The van der Waals surface area contributed by atoms with Crippen LogP contribution in [0.2, 0.25) is 0 Å². The Hall–Kier alpha value is -1.54. The van der Waals surface area contributed by atoms with Gasteiger partial charge in [-0.3, -0.25) is 0 Å². The average Bonchev–Trinajstić information content (AvgIpc) is 2.49.